The van der Waals surface area contributed by atoms with E-state index in [1.54, 1.807) is 0 Å². The van der Waals surface area contributed by atoms with Crippen LogP contribution in [0.5, 0.6) is 5.75 Å². The second-order valence-electron chi connectivity index (χ2n) is 5.55. The van der Waals surface area contributed by atoms with Gasteiger partial charge in [0, 0.05) is 24.7 Å². The van der Waals surface area contributed by atoms with E-state index in [9.17, 15) is 0 Å². The van der Waals surface area contributed by atoms with E-state index in [1.807, 2.05) is 13.0 Å². The number of ether oxygens (including phenoxy) is 1. The van der Waals surface area contributed by atoms with E-state index >= 15 is 0 Å². The van der Waals surface area contributed by atoms with Crippen LogP contribution in [-0.4, -0.2) is 29.6 Å². The third-order valence-corrected chi connectivity index (χ3v) is 4.02. The lowest BCUT2D eigenvalue weighted by molar-refractivity contribution is 0.154. The predicted octanol–water partition coefficient (Wildman–Crippen LogP) is 2.40. The van der Waals surface area contributed by atoms with Gasteiger partial charge >= 0.3 is 0 Å². The SMILES string of the molecule is CCOc1cccc(CN2CCC(N)C2(C)C)c1. The van der Waals surface area contributed by atoms with Crippen molar-refractivity contribution in [2.75, 3.05) is 13.2 Å². The van der Waals surface area contributed by atoms with Crippen LogP contribution in [-0.2, 0) is 6.54 Å². The van der Waals surface area contributed by atoms with Gasteiger partial charge in [0.05, 0.1) is 6.61 Å². The van der Waals surface area contributed by atoms with Gasteiger partial charge in [0.25, 0.3) is 0 Å². The zero-order chi connectivity index (χ0) is 13.2. The van der Waals surface area contributed by atoms with Gasteiger partial charge in [-0.05, 0) is 44.9 Å². The van der Waals surface area contributed by atoms with Crippen molar-refractivity contribution in [2.24, 2.45) is 5.73 Å². The van der Waals surface area contributed by atoms with Crippen LogP contribution in [0.1, 0.15) is 32.8 Å². The fourth-order valence-electron chi connectivity index (χ4n) is 2.57. The molecule has 0 aliphatic carbocycles. The van der Waals surface area contributed by atoms with Crippen molar-refractivity contribution >= 4 is 0 Å². The molecule has 3 heteroatoms. The fourth-order valence-corrected chi connectivity index (χ4v) is 2.57. The van der Waals surface area contributed by atoms with Crippen molar-refractivity contribution in [3.05, 3.63) is 29.8 Å². The monoisotopic (exact) mass is 248 g/mol. The molecule has 1 aliphatic rings. The summed E-state index contributed by atoms with van der Waals surface area (Å²) in [6, 6.07) is 8.62. The number of hydrogen-bond acceptors (Lipinski definition) is 3. The zero-order valence-corrected chi connectivity index (χ0v) is 11.6. The quantitative estimate of drug-likeness (QED) is 0.889. The molecule has 18 heavy (non-hydrogen) atoms. The molecule has 1 aliphatic heterocycles. The second kappa shape index (κ2) is 5.29. The van der Waals surface area contributed by atoms with Gasteiger partial charge in [-0.2, -0.15) is 0 Å². The van der Waals surface area contributed by atoms with Crippen molar-refractivity contribution in [3.63, 3.8) is 0 Å². The van der Waals surface area contributed by atoms with Gasteiger partial charge in [-0.3, -0.25) is 4.90 Å². The Hall–Kier alpha value is -1.06. The molecule has 2 rings (SSSR count). The van der Waals surface area contributed by atoms with E-state index in [4.69, 9.17) is 10.5 Å². The number of benzene rings is 1. The number of rotatable bonds is 4. The molecule has 0 aromatic heterocycles. The molecule has 3 nitrogen and oxygen atoms in total. The first kappa shape index (κ1) is 13.4. The number of hydrogen-bond donors (Lipinski definition) is 1. The minimum Gasteiger partial charge on any atom is -0.494 e. The summed E-state index contributed by atoms with van der Waals surface area (Å²) in [6.07, 6.45) is 1.08. The standard InChI is InChI=1S/C15H24N2O/c1-4-18-13-7-5-6-12(10-13)11-17-9-8-14(16)15(17,2)3/h5-7,10,14H,4,8-9,11,16H2,1-3H3. The normalized spacial score (nSPS) is 23.2. The molecule has 1 unspecified atom stereocenters. The molecule has 0 bridgehead atoms. The predicted molar refractivity (Wildman–Crippen MR) is 74.7 cm³/mol. The Balaban J connectivity index is 2.07. The summed E-state index contributed by atoms with van der Waals surface area (Å²) in [5.41, 5.74) is 7.55. The minimum atomic E-state index is 0.0849. The Bertz CT molecular complexity index is 403. The van der Waals surface area contributed by atoms with Gasteiger partial charge in [0.15, 0.2) is 0 Å². The Kier molecular flexibility index (Phi) is 3.93. The molecule has 0 radical (unpaired) electrons. The number of nitrogens with zero attached hydrogens (tertiary/aromatic N) is 1. The summed E-state index contributed by atoms with van der Waals surface area (Å²) in [6.45, 7) is 9.21. The molecule has 1 saturated heterocycles. The van der Waals surface area contributed by atoms with E-state index < -0.39 is 0 Å². The third kappa shape index (κ3) is 2.68. The molecule has 2 N–H and O–H groups in total. The lowest BCUT2D eigenvalue weighted by Gasteiger charge is -2.34. The molecule has 0 saturated carbocycles. The maximum atomic E-state index is 6.17. The third-order valence-electron chi connectivity index (χ3n) is 4.02. The van der Waals surface area contributed by atoms with Crippen LogP contribution in [0, 0.1) is 0 Å². The molecule has 1 heterocycles. The topological polar surface area (TPSA) is 38.5 Å². The maximum Gasteiger partial charge on any atom is 0.119 e. The van der Waals surface area contributed by atoms with Crippen molar-refractivity contribution in [1.82, 2.24) is 4.90 Å². The highest BCUT2D eigenvalue weighted by atomic mass is 16.5. The highest BCUT2D eigenvalue weighted by Crippen LogP contribution is 2.29. The average molecular weight is 248 g/mol. The minimum absolute atomic E-state index is 0.0849. The molecule has 1 aromatic carbocycles. The van der Waals surface area contributed by atoms with Crippen LogP contribution in [0.3, 0.4) is 0 Å². The number of likely N-dealkylation sites (tertiary alicyclic amines) is 1. The summed E-state index contributed by atoms with van der Waals surface area (Å²) < 4.78 is 5.54. The molecule has 0 amide bonds. The van der Waals surface area contributed by atoms with E-state index in [-0.39, 0.29) is 11.6 Å². The zero-order valence-electron chi connectivity index (χ0n) is 11.6. The lowest BCUT2D eigenvalue weighted by atomic mass is 9.96. The van der Waals surface area contributed by atoms with Gasteiger partial charge in [0.2, 0.25) is 0 Å². The van der Waals surface area contributed by atoms with Gasteiger partial charge in [-0.1, -0.05) is 12.1 Å². The van der Waals surface area contributed by atoms with Crippen LogP contribution < -0.4 is 10.5 Å². The first-order chi connectivity index (χ1) is 8.54. The van der Waals surface area contributed by atoms with Gasteiger partial charge in [-0.15, -0.1) is 0 Å². The Labute approximate surface area is 110 Å². The number of nitrogens with two attached hydrogens (primary N) is 1. The summed E-state index contributed by atoms with van der Waals surface area (Å²) in [4.78, 5) is 2.46. The molecule has 1 fully saturated rings. The smallest absolute Gasteiger partial charge is 0.119 e. The van der Waals surface area contributed by atoms with Crippen molar-refractivity contribution in [1.29, 1.82) is 0 Å². The van der Waals surface area contributed by atoms with E-state index in [0.29, 0.717) is 6.61 Å². The molecule has 1 aromatic rings. The van der Waals surface area contributed by atoms with E-state index in [0.717, 1.165) is 25.3 Å². The summed E-state index contributed by atoms with van der Waals surface area (Å²) in [5, 5.41) is 0. The average Bonchev–Trinajstić information content (AvgIpc) is 2.57. The lowest BCUT2D eigenvalue weighted by Crippen LogP contribution is -2.48. The summed E-state index contributed by atoms with van der Waals surface area (Å²) in [7, 11) is 0. The van der Waals surface area contributed by atoms with Gasteiger partial charge in [0.1, 0.15) is 5.75 Å². The maximum absolute atomic E-state index is 6.17. The fraction of sp³-hybridized carbons (Fsp3) is 0.600. The largest absolute Gasteiger partial charge is 0.494 e. The van der Waals surface area contributed by atoms with E-state index in [1.165, 1.54) is 5.56 Å². The van der Waals surface area contributed by atoms with Crippen LogP contribution in [0.2, 0.25) is 0 Å². The summed E-state index contributed by atoms with van der Waals surface area (Å²) in [5.74, 6) is 0.955. The van der Waals surface area contributed by atoms with Crippen LogP contribution in [0.25, 0.3) is 0 Å². The first-order valence-corrected chi connectivity index (χ1v) is 6.76. The highest BCUT2D eigenvalue weighted by Gasteiger charge is 2.38. The van der Waals surface area contributed by atoms with Crippen molar-refractivity contribution in [3.8, 4) is 5.75 Å². The Morgan fingerprint density at radius 3 is 2.83 bits per heavy atom. The molecule has 100 valence electrons. The molecule has 1 atom stereocenters. The highest BCUT2D eigenvalue weighted by molar-refractivity contribution is 5.28. The Morgan fingerprint density at radius 2 is 2.22 bits per heavy atom. The molecular formula is C15H24N2O. The van der Waals surface area contributed by atoms with Gasteiger partial charge < -0.3 is 10.5 Å². The van der Waals surface area contributed by atoms with Crippen molar-refractivity contribution < 1.29 is 4.74 Å². The molecule has 0 spiro atoms. The second-order valence-corrected chi connectivity index (χ2v) is 5.55. The Morgan fingerprint density at radius 1 is 1.44 bits per heavy atom. The van der Waals surface area contributed by atoms with E-state index in [2.05, 4.69) is 36.9 Å². The van der Waals surface area contributed by atoms with Crippen molar-refractivity contribution in [2.45, 2.75) is 45.3 Å². The molecular weight excluding hydrogens is 224 g/mol. The van der Waals surface area contributed by atoms with Crippen LogP contribution in [0.4, 0.5) is 0 Å². The first-order valence-electron chi connectivity index (χ1n) is 6.76. The van der Waals surface area contributed by atoms with Crippen LogP contribution in [0.15, 0.2) is 24.3 Å². The van der Waals surface area contributed by atoms with Crippen LogP contribution >= 0.6 is 0 Å². The summed E-state index contributed by atoms with van der Waals surface area (Å²) >= 11 is 0. The van der Waals surface area contributed by atoms with Gasteiger partial charge in [-0.25, -0.2) is 0 Å².